The highest BCUT2D eigenvalue weighted by atomic mass is 16.5. The summed E-state index contributed by atoms with van der Waals surface area (Å²) < 4.78 is 5.37. The van der Waals surface area contributed by atoms with Gasteiger partial charge in [-0.2, -0.15) is 0 Å². The monoisotopic (exact) mass is 244 g/mol. The fraction of sp³-hybridized carbons (Fsp3) is 0.412. The van der Waals surface area contributed by atoms with Gasteiger partial charge in [-0.3, -0.25) is 0 Å². The molecule has 0 spiro atoms. The Labute approximate surface area is 111 Å². The molecule has 0 N–H and O–H groups in total. The Balaban J connectivity index is 0.000000771. The molecular formula is C17H24O. The maximum absolute atomic E-state index is 5.37. The topological polar surface area (TPSA) is 9.23 Å². The number of hydrogen-bond acceptors (Lipinski definition) is 1. The SMILES string of the molecule is CC.COc1ccc2c(c1C)CC/C(C)=C/C=C\2. The molecule has 1 aromatic carbocycles. The minimum absolute atomic E-state index is 0.995. The Morgan fingerprint density at radius 3 is 2.44 bits per heavy atom. The normalized spacial score (nSPS) is 18.2. The molecule has 0 aliphatic heterocycles. The molecule has 1 heteroatoms. The van der Waals surface area contributed by atoms with E-state index in [4.69, 9.17) is 4.74 Å². The van der Waals surface area contributed by atoms with Gasteiger partial charge in [-0.15, -0.1) is 0 Å². The van der Waals surface area contributed by atoms with Crippen LogP contribution in [0.25, 0.3) is 6.08 Å². The predicted octanol–water partition coefficient (Wildman–Crippen LogP) is 4.94. The third-order valence-corrected chi connectivity index (χ3v) is 3.23. The van der Waals surface area contributed by atoms with Crippen LogP contribution in [0.3, 0.4) is 0 Å². The average Bonchev–Trinajstić information content (AvgIpc) is 2.38. The molecule has 0 saturated heterocycles. The summed E-state index contributed by atoms with van der Waals surface area (Å²) in [6, 6.07) is 4.20. The molecule has 0 radical (unpaired) electrons. The number of ether oxygens (including phenoxy) is 1. The van der Waals surface area contributed by atoms with E-state index in [1.54, 1.807) is 7.11 Å². The molecule has 0 amide bonds. The van der Waals surface area contributed by atoms with E-state index in [9.17, 15) is 0 Å². The second-order valence-corrected chi connectivity index (χ2v) is 4.33. The number of methoxy groups -OCH3 is 1. The van der Waals surface area contributed by atoms with Gasteiger partial charge in [-0.05, 0) is 49.4 Å². The van der Waals surface area contributed by atoms with Gasteiger partial charge < -0.3 is 4.74 Å². The fourth-order valence-electron chi connectivity index (χ4n) is 2.19. The minimum Gasteiger partial charge on any atom is -0.496 e. The first kappa shape index (κ1) is 14.6. The summed E-state index contributed by atoms with van der Waals surface area (Å²) in [5, 5.41) is 0. The van der Waals surface area contributed by atoms with Crippen molar-refractivity contribution in [2.45, 2.75) is 40.5 Å². The molecule has 18 heavy (non-hydrogen) atoms. The van der Waals surface area contributed by atoms with Crippen molar-refractivity contribution < 1.29 is 4.74 Å². The van der Waals surface area contributed by atoms with Crippen LogP contribution in [0.4, 0.5) is 0 Å². The summed E-state index contributed by atoms with van der Waals surface area (Å²) in [4.78, 5) is 0. The van der Waals surface area contributed by atoms with E-state index in [-0.39, 0.29) is 0 Å². The van der Waals surface area contributed by atoms with E-state index in [1.807, 2.05) is 13.8 Å². The number of benzene rings is 1. The molecule has 1 nitrogen and oxygen atoms in total. The van der Waals surface area contributed by atoms with Crippen molar-refractivity contribution in [3.05, 3.63) is 46.5 Å². The van der Waals surface area contributed by atoms with Crippen LogP contribution in [-0.2, 0) is 6.42 Å². The predicted molar refractivity (Wildman–Crippen MR) is 80.2 cm³/mol. The average molecular weight is 244 g/mol. The lowest BCUT2D eigenvalue weighted by Gasteiger charge is -2.15. The van der Waals surface area contributed by atoms with Crippen molar-refractivity contribution in [3.63, 3.8) is 0 Å². The Kier molecular flexibility index (Phi) is 5.70. The largest absolute Gasteiger partial charge is 0.496 e. The van der Waals surface area contributed by atoms with Crippen LogP contribution in [0, 0.1) is 6.92 Å². The summed E-state index contributed by atoms with van der Waals surface area (Å²) in [6.45, 7) is 8.33. The van der Waals surface area contributed by atoms with Gasteiger partial charge in [0.25, 0.3) is 0 Å². The molecule has 0 bridgehead atoms. The van der Waals surface area contributed by atoms with Gasteiger partial charge in [0.2, 0.25) is 0 Å². The van der Waals surface area contributed by atoms with Gasteiger partial charge in [0.05, 0.1) is 7.11 Å². The summed E-state index contributed by atoms with van der Waals surface area (Å²) in [5.41, 5.74) is 5.45. The molecule has 0 saturated carbocycles. The number of rotatable bonds is 1. The smallest absolute Gasteiger partial charge is 0.122 e. The van der Waals surface area contributed by atoms with Crippen LogP contribution in [0.1, 0.15) is 43.9 Å². The molecule has 0 unspecified atom stereocenters. The van der Waals surface area contributed by atoms with Crippen LogP contribution < -0.4 is 4.74 Å². The zero-order valence-electron chi connectivity index (χ0n) is 12.2. The lowest BCUT2D eigenvalue weighted by Crippen LogP contribution is -1.99. The van der Waals surface area contributed by atoms with E-state index in [0.717, 1.165) is 18.6 Å². The quantitative estimate of drug-likeness (QED) is 0.680. The van der Waals surface area contributed by atoms with Gasteiger partial charge >= 0.3 is 0 Å². The summed E-state index contributed by atoms with van der Waals surface area (Å²) in [5.74, 6) is 0.995. The van der Waals surface area contributed by atoms with Crippen molar-refractivity contribution in [2.75, 3.05) is 7.11 Å². The molecular weight excluding hydrogens is 220 g/mol. The molecule has 0 fully saturated rings. The maximum Gasteiger partial charge on any atom is 0.122 e. The second-order valence-electron chi connectivity index (χ2n) is 4.33. The molecule has 1 aliphatic carbocycles. The first-order valence-electron chi connectivity index (χ1n) is 6.72. The van der Waals surface area contributed by atoms with E-state index >= 15 is 0 Å². The second kappa shape index (κ2) is 7.05. The van der Waals surface area contributed by atoms with Crippen LogP contribution >= 0.6 is 0 Å². The first-order chi connectivity index (χ1) is 8.72. The van der Waals surface area contributed by atoms with Gasteiger partial charge in [0, 0.05) is 0 Å². The zero-order chi connectivity index (χ0) is 13.5. The van der Waals surface area contributed by atoms with E-state index in [1.165, 1.54) is 22.3 Å². The van der Waals surface area contributed by atoms with E-state index in [2.05, 4.69) is 44.2 Å². The van der Waals surface area contributed by atoms with Crippen molar-refractivity contribution in [3.8, 4) is 5.75 Å². The first-order valence-corrected chi connectivity index (χ1v) is 6.72. The van der Waals surface area contributed by atoms with Crippen molar-refractivity contribution in [1.82, 2.24) is 0 Å². The van der Waals surface area contributed by atoms with Crippen molar-refractivity contribution in [2.24, 2.45) is 0 Å². The highest BCUT2D eigenvalue weighted by molar-refractivity contribution is 5.61. The van der Waals surface area contributed by atoms with Crippen molar-refractivity contribution >= 4 is 6.08 Å². The van der Waals surface area contributed by atoms with Gasteiger partial charge in [0.1, 0.15) is 5.75 Å². The maximum atomic E-state index is 5.37. The van der Waals surface area contributed by atoms with Gasteiger partial charge in [0.15, 0.2) is 0 Å². The van der Waals surface area contributed by atoms with Gasteiger partial charge in [-0.25, -0.2) is 0 Å². The van der Waals surface area contributed by atoms with E-state index < -0.39 is 0 Å². The number of allylic oxidation sites excluding steroid dienone is 3. The molecule has 0 atom stereocenters. The van der Waals surface area contributed by atoms with Crippen molar-refractivity contribution in [1.29, 1.82) is 0 Å². The summed E-state index contributed by atoms with van der Waals surface area (Å²) in [7, 11) is 1.73. The van der Waals surface area contributed by atoms with Crippen LogP contribution in [0.15, 0.2) is 29.9 Å². The highest BCUT2D eigenvalue weighted by Gasteiger charge is 2.09. The summed E-state index contributed by atoms with van der Waals surface area (Å²) >= 11 is 0. The molecule has 0 heterocycles. The van der Waals surface area contributed by atoms with E-state index in [0.29, 0.717) is 0 Å². The Morgan fingerprint density at radius 2 is 1.78 bits per heavy atom. The Morgan fingerprint density at radius 1 is 1.06 bits per heavy atom. The van der Waals surface area contributed by atoms with Gasteiger partial charge in [-0.1, -0.05) is 43.7 Å². The summed E-state index contributed by atoms with van der Waals surface area (Å²) in [6.07, 6.45) is 8.75. The van der Waals surface area contributed by atoms with Crippen LogP contribution in [0.5, 0.6) is 5.75 Å². The number of hydrogen-bond donors (Lipinski definition) is 0. The highest BCUT2D eigenvalue weighted by Crippen LogP contribution is 2.28. The number of fused-ring (bicyclic) bond motifs is 1. The van der Waals surface area contributed by atoms with Crippen LogP contribution in [0.2, 0.25) is 0 Å². The molecule has 1 aliphatic rings. The fourth-order valence-corrected chi connectivity index (χ4v) is 2.19. The van der Waals surface area contributed by atoms with Crippen LogP contribution in [-0.4, -0.2) is 7.11 Å². The standard InChI is InChI=1S/C15H18O.C2H6/c1-11-5-4-6-13-8-10-15(16-3)12(2)14(13)9-7-11;1-2/h4-6,8,10H,7,9H2,1-3H3;1-2H3/b6-4-,11-5+;. The zero-order valence-corrected chi connectivity index (χ0v) is 12.2. The molecule has 2 rings (SSSR count). The molecule has 0 aromatic heterocycles. The lowest BCUT2D eigenvalue weighted by atomic mass is 9.93. The lowest BCUT2D eigenvalue weighted by molar-refractivity contribution is 0.411. The minimum atomic E-state index is 0.995. The molecule has 1 aromatic rings. The third kappa shape index (κ3) is 3.25. The molecule has 98 valence electrons. The Hall–Kier alpha value is -1.50. The third-order valence-electron chi connectivity index (χ3n) is 3.23. The Bertz CT molecular complexity index is 453.